The fourth-order valence-electron chi connectivity index (χ4n) is 4.47. The molecule has 1 heterocycles. The van der Waals surface area contributed by atoms with Crippen molar-refractivity contribution < 1.29 is 9.53 Å². The van der Waals surface area contributed by atoms with Crippen molar-refractivity contribution in [1.29, 1.82) is 0 Å². The summed E-state index contributed by atoms with van der Waals surface area (Å²) in [5.41, 5.74) is 4.53. The predicted octanol–water partition coefficient (Wildman–Crippen LogP) is 5.59. The first-order valence-electron chi connectivity index (χ1n) is 10.4. The van der Waals surface area contributed by atoms with Gasteiger partial charge < -0.3 is 14.5 Å². The molecule has 4 rings (SSSR count). The van der Waals surface area contributed by atoms with Gasteiger partial charge in [0.05, 0.1) is 13.2 Å². The summed E-state index contributed by atoms with van der Waals surface area (Å²) in [5, 5.41) is 0. The highest BCUT2D eigenvalue weighted by Gasteiger charge is 2.35. The Bertz CT molecular complexity index is 1020. The molecule has 3 aromatic carbocycles. The lowest BCUT2D eigenvalue weighted by Crippen LogP contribution is -2.44. The van der Waals surface area contributed by atoms with Crippen molar-refractivity contribution in [3.05, 3.63) is 90.0 Å². The highest BCUT2D eigenvalue weighted by atomic mass is 16.5. The lowest BCUT2D eigenvalue weighted by atomic mass is 9.89. The van der Waals surface area contributed by atoms with Gasteiger partial charge in [0.25, 0.3) is 0 Å². The predicted molar refractivity (Wildman–Crippen MR) is 122 cm³/mol. The molecule has 1 aliphatic rings. The smallest absolute Gasteiger partial charge is 0.224 e. The number of carbonyl (C=O) groups is 1. The Morgan fingerprint density at radius 3 is 2.50 bits per heavy atom. The van der Waals surface area contributed by atoms with E-state index in [1.165, 1.54) is 16.8 Å². The lowest BCUT2D eigenvalue weighted by molar-refractivity contribution is -0.117. The molecule has 0 radical (unpaired) electrons. The van der Waals surface area contributed by atoms with Gasteiger partial charge in [-0.1, -0.05) is 48.5 Å². The number of benzene rings is 3. The van der Waals surface area contributed by atoms with E-state index in [0.717, 1.165) is 24.4 Å². The average molecular weight is 401 g/mol. The Labute approximate surface area is 178 Å². The second kappa shape index (κ2) is 8.62. The van der Waals surface area contributed by atoms with Crippen LogP contribution < -0.4 is 14.5 Å². The second-order valence-electron chi connectivity index (χ2n) is 7.86. The first-order chi connectivity index (χ1) is 14.6. The SMILES string of the molecule is COc1cccc(CN2c3ccccc3[C@H](N(C(C)=O)c3ccccc3)C[C@@H]2C)c1. The summed E-state index contributed by atoms with van der Waals surface area (Å²) in [7, 11) is 1.70. The van der Waals surface area contributed by atoms with Crippen LogP contribution in [0, 0.1) is 0 Å². The molecule has 0 saturated heterocycles. The first-order valence-corrected chi connectivity index (χ1v) is 10.4. The zero-order valence-corrected chi connectivity index (χ0v) is 17.8. The van der Waals surface area contributed by atoms with Crippen molar-refractivity contribution in [3.8, 4) is 5.75 Å². The Balaban J connectivity index is 1.72. The van der Waals surface area contributed by atoms with E-state index < -0.39 is 0 Å². The van der Waals surface area contributed by atoms with Crippen molar-refractivity contribution in [2.75, 3.05) is 16.9 Å². The summed E-state index contributed by atoms with van der Waals surface area (Å²) in [6, 6.07) is 27.0. The van der Waals surface area contributed by atoms with Crippen molar-refractivity contribution in [3.63, 3.8) is 0 Å². The van der Waals surface area contributed by atoms with Gasteiger partial charge in [-0.25, -0.2) is 0 Å². The Morgan fingerprint density at radius 2 is 1.77 bits per heavy atom. The summed E-state index contributed by atoms with van der Waals surface area (Å²) in [4.78, 5) is 17.1. The quantitative estimate of drug-likeness (QED) is 0.560. The molecule has 3 aromatic rings. The number of nitrogens with zero attached hydrogens (tertiary/aromatic N) is 2. The van der Waals surface area contributed by atoms with Crippen molar-refractivity contribution in [2.45, 2.75) is 38.9 Å². The largest absolute Gasteiger partial charge is 0.497 e. The number of amides is 1. The second-order valence-corrected chi connectivity index (χ2v) is 7.86. The normalized spacial score (nSPS) is 17.9. The third-order valence-corrected chi connectivity index (χ3v) is 5.87. The van der Waals surface area contributed by atoms with Gasteiger partial charge in [0.1, 0.15) is 5.75 Å². The molecule has 1 aliphatic heterocycles. The van der Waals surface area contributed by atoms with Gasteiger partial charge in [0, 0.05) is 30.9 Å². The number of ether oxygens (including phenoxy) is 1. The van der Waals surface area contributed by atoms with E-state index in [1.807, 2.05) is 47.4 Å². The van der Waals surface area contributed by atoms with Crippen molar-refractivity contribution in [1.82, 2.24) is 0 Å². The van der Waals surface area contributed by atoms with Crippen LogP contribution in [-0.2, 0) is 11.3 Å². The Kier molecular flexibility index (Phi) is 5.75. The Hall–Kier alpha value is -3.27. The number of hydrogen-bond acceptors (Lipinski definition) is 3. The highest BCUT2D eigenvalue weighted by molar-refractivity contribution is 5.92. The van der Waals surface area contributed by atoms with Crippen LogP contribution in [0.15, 0.2) is 78.9 Å². The number of anilines is 2. The number of hydrogen-bond donors (Lipinski definition) is 0. The minimum Gasteiger partial charge on any atom is -0.497 e. The molecule has 4 nitrogen and oxygen atoms in total. The van der Waals surface area contributed by atoms with Gasteiger partial charge >= 0.3 is 0 Å². The van der Waals surface area contributed by atoms with Crippen molar-refractivity contribution >= 4 is 17.3 Å². The molecular weight excluding hydrogens is 372 g/mol. The molecule has 4 heteroatoms. The maximum atomic E-state index is 12.7. The van der Waals surface area contributed by atoms with Crippen LogP contribution in [0.4, 0.5) is 11.4 Å². The molecule has 0 aromatic heterocycles. The van der Waals surface area contributed by atoms with E-state index in [0.29, 0.717) is 0 Å². The molecule has 30 heavy (non-hydrogen) atoms. The number of carbonyl (C=O) groups excluding carboxylic acids is 1. The van der Waals surface area contributed by atoms with E-state index >= 15 is 0 Å². The monoisotopic (exact) mass is 400 g/mol. The van der Waals surface area contributed by atoms with E-state index in [4.69, 9.17) is 4.74 Å². The van der Waals surface area contributed by atoms with Gasteiger partial charge in [-0.15, -0.1) is 0 Å². The van der Waals surface area contributed by atoms with Crippen molar-refractivity contribution in [2.24, 2.45) is 0 Å². The van der Waals surface area contributed by atoms with Gasteiger partial charge in [-0.3, -0.25) is 4.79 Å². The zero-order chi connectivity index (χ0) is 21.1. The van der Waals surface area contributed by atoms with E-state index in [2.05, 4.69) is 48.2 Å². The lowest BCUT2D eigenvalue weighted by Gasteiger charge is -2.44. The number of fused-ring (bicyclic) bond motifs is 1. The highest BCUT2D eigenvalue weighted by Crippen LogP contribution is 2.42. The summed E-state index contributed by atoms with van der Waals surface area (Å²) in [5.74, 6) is 0.935. The third-order valence-electron chi connectivity index (χ3n) is 5.87. The van der Waals surface area contributed by atoms with Gasteiger partial charge in [0.15, 0.2) is 0 Å². The number of methoxy groups -OCH3 is 1. The van der Waals surface area contributed by atoms with Crippen LogP contribution in [0.1, 0.15) is 37.4 Å². The van der Waals surface area contributed by atoms with Crippen LogP contribution in [-0.4, -0.2) is 19.1 Å². The molecule has 154 valence electrons. The standard InChI is InChI=1S/C26H28N2O2/c1-19-16-26(28(20(2)29)22-11-5-4-6-12-22)24-14-7-8-15-25(24)27(19)18-21-10-9-13-23(17-21)30-3/h4-15,17,19,26H,16,18H2,1-3H3/t19-,26+/m0/s1. The maximum absolute atomic E-state index is 12.7. The molecule has 0 N–H and O–H groups in total. The molecule has 2 atom stereocenters. The molecule has 1 amide bonds. The van der Waals surface area contributed by atoms with Crippen LogP contribution in [0.5, 0.6) is 5.75 Å². The van der Waals surface area contributed by atoms with Crippen LogP contribution in [0.3, 0.4) is 0 Å². The number of para-hydroxylation sites is 2. The topological polar surface area (TPSA) is 32.8 Å². The number of rotatable bonds is 5. The van der Waals surface area contributed by atoms with E-state index in [9.17, 15) is 4.79 Å². The summed E-state index contributed by atoms with van der Waals surface area (Å²) in [6.45, 7) is 4.70. The van der Waals surface area contributed by atoms with E-state index in [-0.39, 0.29) is 18.0 Å². The minimum atomic E-state index is 0.0117. The summed E-state index contributed by atoms with van der Waals surface area (Å²) in [6.07, 6.45) is 0.870. The third kappa shape index (κ3) is 3.90. The molecule has 0 saturated carbocycles. The fraction of sp³-hybridized carbons (Fsp3) is 0.269. The van der Waals surface area contributed by atoms with Crippen LogP contribution in [0.25, 0.3) is 0 Å². The summed E-state index contributed by atoms with van der Waals surface area (Å²) >= 11 is 0. The average Bonchev–Trinajstić information content (AvgIpc) is 2.77. The Morgan fingerprint density at radius 1 is 1.03 bits per heavy atom. The first kappa shape index (κ1) is 20.0. The minimum absolute atomic E-state index is 0.0117. The van der Waals surface area contributed by atoms with Crippen LogP contribution in [0.2, 0.25) is 0 Å². The molecule has 0 bridgehead atoms. The molecular formula is C26H28N2O2. The molecule has 0 unspecified atom stereocenters. The summed E-state index contributed by atoms with van der Waals surface area (Å²) < 4.78 is 5.40. The molecule has 0 aliphatic carbocycles. The molecule has 0 spiro atoms. The maximum Gasteiger partial charge on any atom is 0.224 e. The van der Waals surface area contributed by atoms with Gasteiger partial charge in [-0.05, 0) is 54.8 Å². The van der Waals surface area contributed by atoms with Gasteiger partial charge in [0.2, 0.25) is 5.91 Å². The van der Waals surface area contributed by atoms with Crippen LogP contribution >= 0.6 is 0 Å². The molecule has 0 fully saturated rings. The zero-order valence-electron chi connectivity index (χ0n) is 17.8. The van der Waals surface area contributed by atoms with Gasteiger partial charge in [-0.2, -0.15) is 0 Å². The van der Waals surface area contributed by atoms with E-state index in [1.54, 1.807) is 14.0 Å². The fourth-order valence-corrected chi connectivity index (χ4v) is 4.47.